The van der Waals surface area contributed by atoms with Crippen LogP contribution in [0.25, 0.3) is 0 Å². The highest BCUT2D eigenvalue weighted by atomic mass is 19.1. The SMILES string of the molecule is Cc1cc([C@@H]2C[C@@H](C(=O)NCc3cccc(F)c3)CN(C(=O)NC(C)C)C2)ccc1F. The molecular formula is C24H29F2N3O2. The van der Waals surface area contributed by atoms with Crippen LogP contribution in [0.15, 0.2) is 42.5 Å². The van der Waals surface area contributed by atoms with Crippen LogP contribution in [0.5, 0.6) is 0 Å². The summed E-state index contributed by atoms with van der Waals surface area (Å²) in [6, 6.07) is 10.8. The Balaban J connectivity index is 1.76. The number of urea groups is 1. The van der Waals surface area contributed by atoms with Crippen molar-refractivity contribution in [3.8, 4) is 0 Å². The summed E-state index contributed by atoms with van der Waals surface area (Å²) in [5.41, 5.74) is 2.11. The number of likely N-dealkylation sites (tertiary alicyclic amines) is 1. The van der Waals surface area contributed by atoms with Crippen LogP contribution in [0.3, 0.4) is 0 Å². The minimum Gasteiger partial charge on any atom is -0.352 e. The van der Waals surface area contributed by atoms with Gasteiger partial charge in [-0.25, -0.2) is 13.6 Å². The predicted octanol–water partition coefficient (Wildman–Crippen LogP) is 4.11. The van der Waals surface area contributed by atoms with Crippen molar-refractivity contribution in [2.24, 2.45) is 5.92 Å². The number of nitrogens with one attached hydrogen (secondary N) is 2. The average Bonchev–Trinajstić information content (AvgIpc) is 2.73. The number of nitrogens with zero attached hydrogens (tertiary/aromatic N) is 1. The minimum atomic E-state index is -0.421. The summed E-state index contributed by atoms with van der Waals surface area (Å²) in [6.07, 6.45) is 0.547. The molecule has 31 heavy (non-hydrogen) atoms. The summed E-state index contributed by atoms with van der Waals surface area (Å²) in [5, 5.41) is 5.75. The zero-order valence-corrected chi connectivity index (χ0v) is 18.1. The Hall–Kier alpha value is -2.96. The summed E-state index contributed by atoms with van der Waals surface area (Å²) < 4.78 is 27.1. The van der Waals surface area contributed by atoms with Gasteiger partial charge in [-0.3, -0.25) is 4.79 Å². The molecule has 2 N–H and O–H groups in total. The zero-order chi connectivity index (χ0) is 22.5. The van der Waals surface area contributed by atoms with Crippen LogP contribution in [-0.4, -0.2) is 36.0 Å². The standard InChI is InChI=1S/C24H29F2N3O2/c1-15(2)28-24(31)29-13-19(18-7-8-22(26)16(3)9-18)11-20(14-29)23(30)27-12-17-5-4-6-21(25)10-17/h4-10,15,19-20H,11-14H2,1-3H3,(H,27,30)(H,28,31)/t19-,20-/m1/s1. The van der Waals surface area contributed by atoms with Gasteiger partial charge >= 0.3 is 6.03 Å². The Labute approximate surface area is 181 Å². The molecule has 0 radical (unpaired) electrons. The lowest BCUT2D eigenvalue weighted by molar-refractivity contribution is -0.126. The molecule has 2 aromatic carbocycles. The van der Waals surface area contributed by atoms with E-state index in [2.05, 4.69) is 10.6 Å². The van der Waals surface area contributed by atoms with Gasteiger partial charge in [0.15, 0.2) is 0 Å². The number of halogens is 2. The smallest absolute Gasteiger partial charge is 0.317 e. The van der Waals surface area contributed by atoms with Crippen LogP contribution in [-0.2, 0) is 11.3 Å². The normalized spacial score (nSPS) is 18.7. The first-order valence-corrected chi connectivity index (χ1v) is 10.6. The fourth-order valence-electron chi connectivity index (χ4n) is 3.94. The summed E-state index contributed by atoms with van der Waals surface area (Å²) >= 11 is 0. The van der Waals surface area contributed by atoms with Gasteiger partial charge < -0.3 is 15.5 Å². The Kier molecular flexibility index (Phi) is 7.25. The number of benzene rings is 2. The molecular weight excluding hydrogens is 400 g/mol. The summed E-state index contributed by atoms with van der Waals surface area (Å²) in [5.74, 6) is -1.33. The Morgan fingerprint density at radius 1 is 1.13 bits per heavy atom. The molecule has 1 aliphatic heterocycles. The lowest BCUT2D eigenvalue weighted by Crippen LogP contribution is -2.52. The first-order chi connectivity index (χ1) is 14.7. The van der Waals surface area contributed by atoms with Gasteiger partial charge in [0.2, 0.25) is 5.91 Å². The zero-order valence-electron chi connectivity index (χ0n) is 18.1. The Bertz CT molecular complexity index is 948. The molecule has 0 unspecified atom stereocenters. The molecule has 166 valence electrons. The molecule has 3 amide bonds. The molecule has 0 saturated carbocycles. The Morgan fingerprint density at radius 3 is 2.58 bits per heavy atom. The molecule has 1 heterocycles. The number of hydrogen-bond donors (Lipinski definition) is 2. The molecule has 3 rings (SSSR count). The number of amides is 3. The third kappa shape index (κ3) is 6.03. The second kappa shape index (κ2) is 9.90. The first kappa shape index (κ1) is 22.7. The van der Waals surface area contributed by atoms with Gasteiger partial charge in [-0.15, -0.1) is 0 Å². The highest BCUT2D eigenvalue weighted by Crippen LogP contribution is 2.31. The number of rotatable bonds is 5. The summed E-state index contributed by atoms with van der Waals surface area (Å²) in [6.45, 7) is 6.43. The molecule has 0 aliphatic carbocycles. The molecule has 0 bridgehead atoms. The van der Waals surface area contributed by atoms with Gasteiger partial charge in [-0.05, 0) is 62.1 Å². The minimum absolute atomic E-state index is 0.0267. The van der Waals surface area contributed by atoms with E-state index in [-0.39, 0.29) is 42.1 Å². The summed E-state index contributed by atoms with van der Waals surface area (Å²) in [7, 11) is 0. The highest BCUT2D eigenvalue weighted by molar-refractivity contribution is 5.81. The van der Waals surface area contributed by atoms with Crippen molar-refractivity contribution in [1.29, 1.82) is 0 Å². The highest BCUT2D eigenvalue weighted by Gasteiger charge is 2.34. The number of carbonyl (C=O) groups is 2. The maximum atomic E-state index is 13.7. The van der Waals surface area contributed by atoms with E-state index in [0.717, 1.165) is 5.56 Å². The Morgan fingerprint density at radius 2 is 1.90 bits per heavy atom. The van der Waals surface area contributed by atoms with Crippen molar-refractivity contribution < 1.29 is 18.4 Å². The molecule has 1 saturated heterocycles. The molecule has 0 aromatic heterocycles. The van der Waals surface area contributed by atoms with Crippen LogP contribution >= 0.6 is 0 Å². The van der Waals surface area contributed by atoms with E-state index in [1.807, 2.05) is 13.8 Å². The molecule has 2 aromatic rings. The quantitative estimate of drug-likeness (QED) is 0.751. The third-order valence-electron chi connectivity index (χ3n) is 5.53. The molecule has 0 spiro atoms. The van der Waals surface area contributed by atoms with Crippen LogP contribution in [0.2, 0.25) is 0 Å². The topological polar surface area (TPSA) is 61.4 Å². The second-order valence-electron chi connectivity index (χ2n) is 8.50. The first-order valence-electron chi connectivity index (χ1n) is 10.6. The number of hydrogen-bond acceptors (Lipinski definition) is 2. The van der Waals surface area contributed by atoms with Crippen molar-refractivity contribution in [3.63, 3.8) is 0 Å². The van der Waals surface area contributed by atoms with Gasteiger partial charge in [0.1, 0.15) is 11.6 Å². The van der Waals surface area contributed by atoms with Crippen molar-refractivity contribution in [1.82, 2.24) is 15.5 Å². The lowest BCUT2D eigenvalue weighted by Gasteiger charge is -2.38. The van der Waals surface area contributed by atoms with E-state index in [4.69, 9.17) is 0 Å². The van der Waals surface area contributed by atoms with Crippen molar-refractivity contribution >= 4 is 11.9 Å². The van der Waals surface area contributed by atoms with E-state index >= 15 is 0 Å². The van der Waals surface area contributed by atoms with Crippen LogP contribution in [0.4, 0.5) is 13.6 Å². The number of aryl methyl sites for hydroxylation is 1. The monoisotopic (exact) mass is 429 g/mol. The van der Waals surface area contributed by atoms with E-state index in [1.54, 1.807) is 36.1 Å². The number of carbonyl (C=O) groups excluding carboxylic acids is 2. The average molecular weight is 430 g/mol. The van der Waals surface area contributed by atoms with Gasteiger partial charge in [0.25, 0.3) is 0 Å². The molecule has 1 fully saturated rings. The summed E-state index contributed by atoms with van der Waals surface area (Å²) in [4.78, 5) is 27.2. The van der Waals surface area contributed by atoms with Crippen molar-refractivity contribution in [2.45, 2.75) is 45.7 Å². The van der Waals surface area contributed by atoms with Gasteiger partial charge in [0, 0.05) is 31.6 Å². The molecule has 1 aliphatic rings. The second-order valence-corrected chi connectivity index (χ2v) is 8.50. The predicted molar refractivity (Wildman–Crippen MR) is 115 cm³/mol. The van der Waals surface area contributed by atoms with Crippen LogP contribution in [0, 0.1) is 24.5 Å². The maximum Gasteiger partial charge on any atom is 0.317 e. The maximum absolute atomic E-state index is 13.7. The van der Waals surface area contributed by atoms with Gasteiger partial charge in [-0.2, -0.15) is 0 Å². The van der Waals surface area contributed by atoms with E-state index in [1.165, 1.54) is 18.2 Å². The van der Waals surface area contributed by atoms with Crippen LogP contribution in [0.1, 0.15) is 42.9 Å². The van der Waals surface area contributed by atoms with Crippen LogP contribution < -0.4 is 10.6 Å². The van der Waals surface area contributed by atoms with E-state index in [0.29, 0.717) is 30.6 Å². The van der Waals surface area contributed by atoms with Gasteiger partial charge in [0.05, 0.1) is 5.92 Å². The fourth-order valence-corrected chi connectivity index (χ4v) is 3.94. The largest absolute Gasteiger partial charge is 0.352 e. The van der Waals surface area contributed by atoms with Gasteiger partial charge in [-0.1, -0.05) is 24.3 Å². The van der Waals surface area contributed by atoms with E-state index in [9.17, 15) is 18.4 Å². The van der Waals surface area contributed by atoms with Crippen molar-refractivity contribution in [2.75, 3.05) is 13.1 Å². The fraction of sp³-hybridized carbons (Fsp3) is 0.417. The third-order valence-corrected chi connectivity index (χ3v) is 5.53. The lowest BCUT2D eigenvalue weighted by atomic mass is 9.83. The molecule has 7 heteroatoms. The number of piperidine rings is 1. The van der Waals surface area contributed by atoms with E-state index < -0.39 is 5.92 Å². The van der Waals surface area contributed by atoms with Crippen molar-refractivity contribution in [3.05, 3.63) is 70.8 Å². The molecule has 5 nitrogen and oxygen atoms in total. The molecule has 2 atom stereocenters.